The molecule has 0 amide bonds. The second kappa shape index (κ2) is 4.15. The quantitative estimate of drug-likeness (QED) is 0.827. The SMILES string of the molecule is Cc1cc(S(=O)O)ccc1C1CC(O)(C2CC2)C1. The summed E-state index contributed by atoms with van der Waals surface area (Å²) in [6.45, 7) is 1.97. The topological polar surface area (TPSA) is 57.5 Å². The van der Waals surface area contributed by atoms with Crippen LogP contribution in [0.15, 0.2) is 23.1 Å². The van der Waals surface area contributed by atoms with Crippen LogP contribution in [0.1, 0.15) is 42.7 Å². The second-order valence-electron chi connectivity index (χ2n) is 5.75. The summed E-state index contributed by atoms with van der Waals surface area (Å²) < 4.78 is 20.0. The summed E-state index contributed by atoms with van der Waals surface area (Å²) in [7, 11) is 0. The molecule has 2 saturated carbocycles. The summed E-state index contributed by atoms with van der Waals surface area (Å²) in [4.78, 5) is 0.452. The van der Waals surface area contributed by atoms with E-state index in [2.05, 4.69) is 0 Å². The highest BCUT2D eigenvalue weighted by molar-refractivity contribution is 7.79. The third kappa shape index (κ3) is 2.02. The Kier molecular flexibility index (Phi) is 2.84. The van der Waals surface area contributed by atoms with Crippen molar-refractivity contribution in [2.45, 2.75) is 49.0 Å². The summed E-state index contributed by atoms with van der Waals surface area (Å²) in [5.74, 6) is 0.940. The highest BCUT2D eigenvalue weighted by Crippen LogP contribution is 2.56. The second-order valence-corrected chi connectivity index (χ2v) is 6.72. The van der Waals surface area contributed by atoms with Crippen LogP contribution < -0.4 is 0 Å². The summed E-state index contributed by atoms with van der Waals surface area (Å²) in [6, 6.07) is 5.43. The van der Waals surface area contributed by atoms with E-state index in [0.29, 0.717) is 16.7 Å². The molecule has 3 rings (SSSR count). The van der Waals surface area contributed by atoms with Crippen LogP contribution in [0.3, 0.4) is 0 Å². The van der Waals surface area contributed by atoms with Crippen molar-refractivity contribution >= 4 is 11.1 Å². The first kappa shape index (κ1) is 12.3. The van der Waals surface area contributed by atoms with E-state index >= 15 is 0 Å². The monoisotopic (exact) mass is 266 g/mol. The van der Waals surface area contributed by atoms with Crippen LogP contribution in [0.5, 0.6) is 0 Å². The molecule has 2 aliphatic carbocycles. The average molecular weight is 266 g/mol. The molecule has 1 aromatic rings. The van der Waals surface area contributed by atoms with Gasteiger partial charge in [0.15, 0.2) is 11.1 Å². The van der Waals surface area contributed by atoms with E-state index in [0.717, 1.165) is 18.4 Å². The normalized spacial score (nSPS) is 32.9. The van der Waals surface area contributed by atoms with Crippen LogP contribution in [0.25, 0.3) is 0 Å². The fourth-order valence-electron chi connectivity index (χ4n) is 3.18. The molecule has 1 unspecified atom stereocenters. The van der Waals surface area contributed by atoms with Crippen molar-refractivity contribution in [1.29, 1.82) is 0 Å². The number of rotatable bonds is 3. The van der Waals surface area contributed by atoms with Gasteiger partial charge in [0.25, 0.3) is 0 Å². The summed E-state index contributed by atoms with van der Waals surface area (Å²) in [5, 5.41) is 10.3. The number of benzene rings is 1. The van der Waals surface area contributed by atoms with Gasteiger partial charge in [0.2, 0.25) is 0 Å². The Morgan fingerprint density at radius 3 is 2.50 bits per heavy atom. The zero-order valence-electron chi connectivity index (χ0n) is 10.4. The highest BCUT2D eigenvalue weighted by Gasteiger charge is 2.52. The number of aliphatic hydroxyl groups is 1. The van der Waals surface area contributed by atoms with Crippen molar-refractivity contribution in [1.82, 2.24) is 0 Å². The Hall–Kier alpha value is -0.710. The van der Waals surface area contributed by atoms with Crippen molar-refractivity contribution in [3.8, 4) is 0 Å². The largest absolute Gasteiger partial charge is 0.390 e. The molecule has 0 heterocycles. The van der Waals surface area contributed by atoms with Gasteiger partial charge in [-0.05, 0) is 67.7 Å². The standard InChI is InChI=1S/C14H18O3S/c1-9-6-12(18(16)17)4-5-13(9)10-7-14(15,8-10)11-2-3-11/h4-6,10-11,15H,2-3,7-8H2,1H3,(H,16,17). The molecule has 3 nitrogen and oxygen atoms in total. The van der Waals surface area contributed by atoms with Crippen LogP contribution >= 0.6 is 0 Å². The Balaban J connectivity index is 1.76. The van der Waals surface area contributed by atoms with Crippen molar-refractivity contribution < 1.29 is 13.9 Å². The molecule has 0 aromatic heterocycles. The maximum atomic E-state index is 11.0. The summed E-state index contributed by atoms with van der Waals surface area (Å²) in [5.41, 5.74) is 1.85. The Bertz CT molecular complexity index is 502. The molecule has 2 fully saturated rings. The molecule has 2 N–H and O–H groups in total. The maximum absolute atomic E-state index is 11.0. The van der Waals surface area contributed by atoms with E-state index in [1.54, 1.807) is 12.1 Å². The number of hydrogen-bond acceptors (Lipinski definition) is 2. The predicted octanol–water partition coefficient (Wildman–Crippen LogP) is 2.59. The van der Waals surface area contributed by atoms with Crippen LogP contribution in [0.4, 0.5) is 0 Å². The molecule has 0 aliphatic heterocycles. The summed E-state index contributed by atoms with van der Waals surface area (Å²) in [6.07, 6.45) is 4.04. The average Bonchev–Trinajstić information content (AvgIpc) is 3.09. The van der Waals surface area contributed by atoms with Gasteiger partial charge < -0.3 is 9.66 Å². The predicted molar refractivity (Wildman–Crippen MR) is 69.9 cm³/mol. The first-order valence-electron chi connectivity index (χ1n) is 6.43. The van der Waals surface area contributed by atoms with Crippen LogP contribution in [0.2, 0.25) is 0 Å². The van der Waals surface area contributed by atoms with Gasteiger partial charge in [-0.1, -0.05) is 6.07 Å². The fourth-order valence-corrected chi connectivity index (χ4v) is 3.64. The van der Waals surface area contributed by atoms with Gasteiger partial charge in [-0.2, -0.15) is 0 Å². The third-order valence-electron chi connectivity index (χ3n) is 4.42. The van der Waals surface area contributed by atoms with Crippen molar-refractivity contribution in [3.63, 3.8) is 0 Å². The molecule has 1 aromatic carbocycles. The summed E-state index contributed by atoms with van der Waals surface area (Å²) >= 11 is -1.91. The highest BCUT2D eigenvalue weighted by atomic mass is 32.2. The lowest BCUT2D eigenvalue weighted by Gasteiger charge is -2.45. The third-order valence-corrected chi connectivity index (χ3v) is 5.08. The van der Waals surface area contributed by atoms with Gasteiger partial charge in [0.05, 0.1) is 10.5 Å². The van der Waals surface area contributed by atoms with Crippen molar-refractivity contribution in [2.24, 2.45) is 5.92 Å². The molecular formula is C14H18O3S. The van der Waals surface area contributed by atoms with Gasteiger partial charge in [0.1, 0.15) is 0 Å². The zero-order chi connectivity index (χ0) is 12.9. The van der Waals surface area contributed by atoms with Gasteiger partial charge in [-0.15, -0.1) is 0 Å². The minimum absolute atomic E-state index is 0.414. The van der Waals surface area contributed by atoms with Crippen LogP contribution in [-0.4, -0.2) is 19.5 Å². The van der Waals surface area contributed by atoms with Crippen molar-refractivity contribution in [3.05, 3.63) is 29.3 Å². The van der Waals surface area contributed by atoms with Gasteiger partial charge in [-0.3, -0.25) is 0 Å². The molecule has 1 atom stereocenters. The molecule has 98 valence electrons. The molecule has 0 spiro atoms. The number of aryl methyl sites for hydroxylation is 1. The van der Waals surface area contributed by atoms with E-state index in [-0.39, 0.29) is 0 Å². The molecule has 4 heteroatoms. The number of hydrogen-bond donors (Lipinski definition) is 2. The Morgan fingerprint density at radius 1 is 1.33 bits per heavy atom. The lowest BCUT2D eigenvalue weighted by atomic mass is 9.65. The van der Waals surface area contributed by atoms with Crippen molar-refractivity contribution in [2.75, 3.05) is 0 Å². The Morgan fingerprint density at radius 2 is 2.00 bits per heavy atom. The molecule has 2 aliphatic rings. The molecular weight excluding hydrogens is 248 g/mol. The van der Waals surface area contributed by atoms with Crippen LogP contribution in [0, 0.1) is 12.8 Å². The molecule has 0 bridgehead atoms. The van der Waals surface area contributed by atoms with Gasteiger partial charge in [0, 0.05) is 0 Å². The lowest BCUT2D eigenvalue weighted by molar-refractivity contribution is -0.0680. The van der Waals surface area contributed by atoms with Crippen LogP contribution in [-0.2, 0) is 11.1 Å². The molecule has 0 saturated heterocycles. The lowest BCUT2D eigenvalue weighted by Crippen LogP contribution is -2.44. The van der Waals surface area contributed by atoms with Gasteiger partial charge >= 0.3 is 0 Å². The van der Waals surface area contributed by atoms with E-state index < -0.39 is 16.7 Å². The fraction of sp³-hybridized carbons (Fsp3) is 0.571. The van der Waals surface area contributed by atoms with E-state index in [9.17, 15) is 9.32 Å². The minimum atomic E-state index is -1.91. The molecule has 18 heavy (non-hydrogen) atoms. The first-order chi connectivity index (χ1) is 8.49. The van der Waals surface area contributed by atoms with E-state index in [4.69, 9.17) is 4.55 Å². The molecule has 0 radical (unpaired) electrons. The Labute approximate surface area is 110 Å². The first-order valence-corrected chi connectivity index (χ1v) is 7.54. The minimum Gasteiger partial charge on any atom is -0.390 e. The van der Waals surface area contributed by atoms with E-state index in [1.165, 1.54) is 18.4 Å². The smallest absolute Gasteiger partial charge is 0.186 e. The maximum Gasteiger partial charge on any atom is 0.186 e. The van der Waals surface area contributed by atoms with E-state index in [1.807, 2.05) is 13.0 Å². The zero-order valence-corrected chi connectivity index (χ0v) is 11.2. The van der Waals surface area contributed by atoms with Gasteiger partial charge in [-0.25, -0.2) is 4.21 Å².